The predicted molar refractivity (Wildman–Crippen MR) is 86.9 cm³/mol. The average molecular weight is 310 g/mol. The van der Waals surface area contributed by atoms with Gasteiger partial charge in [-0.1, -0.05) is 54.6 Å². The normalized spacial score (nSPS) is 11.1. The Balaban J connectivity index is 2.05. The molecular weight excluding hydrogens is 296 g/mol. The van der Waals surface area contributed by atoms with Crippen molar-refractivity contribution in [1.29, 1.82) is 0 Å². The zero-order chi connectivity index (χ0) is 15.4. The van der Waals surface area contributed by atoms with Gasteiger partial charge in [-0.25, -0.2) is 13.4 Å². The van der Waals surface area contributed by atoms with E-state index in [4.69, 9.17) is 0 Å². The summed E-state index contributed by atoms with van der Waals surface area (Å²) < 4.78 is 27.8. The minimum absolute atomic E-state index is 0.229. The Morgan fingerprint density at radius 1 is 0.773 bits per heavy atom. The highest BCUT2D eigenvalue weighted by molar-refractivity contribution is 7.92. The van der Waals surface area contributed by atoms with Crippen molar-refractivity contribution >= 4 is 15.8 Å². The monoisotopic (exact) mass is 310 g/mol. The average Bonchev–Trinajstić information content (AvgIpc) is 2.56. The Labute approximate surface area is 129 Å². The first-order chi connectivity index (χ1) is 10.7. The Morgan fingerprint density at radius 2 is 1.45 bits per heavy atom. The van der Waals surface area contributed by atoms with Crippen LogP contribution in [0.5, 0.6) is 0 Å². The fourth-order valence-electron chi connectivity index (χ4n) is 2.17. The summed E-state index contributed by atoms with van der Waals surface area (Å²) in [5.74, 6) is 0.297. The zero-order valence-corrected chi connectivity index (χ0v) is 12.5. The molecule has 3 aromatic rings. The van der Waals surface area contributed by atoms with Crippen molar-refractivity contribution in [3.63, 3.8) is 0 Å². The van der Waals surface area contributed by atoms with Crippen LogP contribution in [-0.2, 0) is 10.0 Å². The number of benzene rings is 2. The topological polar surface area (TPSA) is 59.1 Å². The van der Waals surface area contributed by atoms with E-state index in [9.17, 15) is 8.42 Å². The second-order valence-electron chi connectivity index (χ2n) is 4.68. The number of aromatic nitrogens is 1. The first kappa shape index (κ1) is 14.3. The van der Waals surface area contributed by atoms with Crippen LogP contribution in [0.1, 0.15) is 0 Å². The Morgan fingerprint density at radius 3 is 2.18 bits per heavy atom. The number of sulfonamides is 1. The lowest BCUT2D eigenvalue weighted by atomic mass is 10.1. The summed E-state index contributed by atoms with van der Waals surface area (Å²) in [6, 6.07) is 21.4. The Bertz CT molecular complexity index is 863. The molecular formula is C17H14N2O2S. The molecule has 1 heterocycles. The minimum atomic E-state index is -3.70. The number of nitrogens with one attached hydrogen (secondary N) is 1. The van der Waals surface area contributed by atoms with Crippen molar-refractivity contribution in [2.24, 2.45) is 0 Å². The molecule has 0 radical (unpaired) electrons. The van der Waals surface area contributed by atoms with Crippen LogP contribution in [0.25, 0.3) is 11.1 Å². The molecule has 1 N–H and O–H groups in total. The summed E-state index contributed by atoms with van der Waals surface area (Å²) >= 11 is 0. The maximum Gasteiger partial charge on any atom is 0.263 e. The van der Waals surface area contributed by atoms with Gasteiger partial charge in [-0.2, -0.15) is 0 Å². The molecule has 5 heteroatoms. The van der Waals surface area contributed by atoms with Gasteiger partial charge < -0.3 is 0 Å². The van der Waals surface area contributed by atoms with Gasteiger partial charge in [0.05, 0.1) is 4.90 Å². The van der Waals surface area contributed by atoms with Gasteiger partial charge in [-0.15, -0.1) is 0 Å². The maximum absolute atomic E-state index is 12.6. The van der Waals surface area contributed by atoms with Crippen LogP contribution in [0.3, 0.4) is 0 Å². The molecule has 0 fully saturated rings. The van der Waals surface area contributed by atoms with Gasteiger partial charge in [-0.3, -0.25) is 4.72 Å². The number of hydrogen-bond acceptors (Lipinski definition) is 3. The Kier molecular flexibility index (Phi) is 3.89. The molecule has 0 unspecified atom stereocenters. The van der Waals surface area contributed by atoms with E-state index < -0.39 is 10.0 Å². The molecule has 1 aromatic heterocycles. The largest absolute Gasteiger partial charge is 0.263 e. The van der Waals surface area contributed by atoms with E-state index in [0.717, 1.165) is 5.56 Å². The number of anilines is 1. The van der Waals surface area contributed by atoms with Gasteiger partial charge in [0.2, 0.25) is 0 Å². The van der Waals surface area contributed by atoms with Gasteiger partial charge >= 0.3 is 0 Å². The smallest absolute Gasteiger partial charge is 0.263 e. The number of rotatable bonds is 4. The molecule has 0 amide bonds. The minimum Gasteiger partial charge on any atom is -0.263 e. The second-order valence-corrected chi connectivity index (χ2v) is 6.33. The predicted octanol–water partition coefficient (Wildman–Crippen LogP) is 3.55. The summed E-state index contributed by atoms with van der Waals surface area (Å²) in [6.07, 6.45) is 1.54. The first-order valence-electron chi connectivity index (χ1n) is 6.75. The fourth-order valence-corrected chi connectivity index (χ4v) is 3.41. The van der Waals surface area contributed by atoms with Crippen molar-refractivity contribution < 1.29 is 8.42 Å². The van der Waals surface area contributed by atoms with E-state index in [1.54, 1.807) is 42.6 Å². The van der Waals surface area contributed by atoms with E-state index in [0.29, 0.717) is 11.4 Å². The quantitative estimate of drug-likeness (QED) is 0.801. The van der Waals surface area contributed by atoms with E-state index in [1.165, 1.54) is 0 Å². The summed E-state index contributed by atoms with van der Waals surface area (Å²) in [5.41, 5.74) is 1.51. The lowest BCUT2D eigenvalue weighted by molar-refractivity contribution is 0.601. The molecule has 3 rings (SSSR count). The fraction of sp³-hybridized carbons (Fsp3) is 0. The van der Waals surface area contributed by atoms with Crippen LogP contribution in [0.4, 0.5) is 5.82 Å². The van der Waals surface area contributed by atoms with Crippen molar-refractivity contribution in [1.82, 2.24) is 4.98 Å². The molecule has 0 saturated carbocycles. The molecule has 0 spiro atoms. The highest BCUT2D eigenvalue weighted by Gasteiger charge is 2.19. The SMILES string of the molecule is O=S(=O)(Nc1ccccn1)c1ccccc1-c1ccccc1. The van der Waals surface area contributed by atoms with Crippen LogP contribution >= 0.6 is 0 Å². The van der Waals surface area contributed by atoms with E-state index in [1.807, 2.05) is 36.4 Å². The molecule has 4 nitrogen and oxygen atoms in total. The van der Waals surface area contributed by atoms with Crippen molar-refractivity contribution in [2.75, 3.05) is 4.72 Å². The summed E-state index contributed by atoms with van der Waals surface area (Å²) in [7, 11) is -3.70. The van der Waals surface area contributed by atoms with Crippen LogP contribution in [0.15, 0.2) is 83.9 Å². The molecule has 0 aliphatic carbocycles. The van der Waals surface area contributed by atoms with Gasteiger partial charge in [0, 0.05) is 11.8 Å². The highest BCUT2D eigenvalue weighted by Crippen LogP contribution is 2.28. The molecule has 0 atom stereocenters. The first-order valence-corrected chi connectivity index (χ1v) is 8.23. The molecule has 0 saturated heterocycles. The highest BCUT2D eigenvalue weighted by atomic mass is 32.2. The number of pyridine rings is 1. The third kappa shape index (κ3) is 2.99. The van der Waals surface area contributed by atoms with Gasteiger partial charge in [0.25, 0.3) is 10.0 Å². The number of nitrogens with zero attached hydrogens (tertiary/aromatic N) is 1. The van der Waals surface area contributed by atoms with E-state index in [-0.39, 0.29) is 4.90 Å². The van der Waals surface area contributed by atoms with Crippen molar-refractivity contribution in [3.8, 4) is 11.1 Å². The van der Waals surface area contributed by atoms with E-state index in [2.05, 4.69) is 9.71 Å². The second kappa shape index (κ2) is 5.99. The molecule has 2 aromatic carbocycles. The molecule has 110 valence electrons. The van der Waals surface area contributed by atoms with Crippen molar-refractivity contribution in [2.45, 2.75) is 4.90 Å². The Hall–Kier alpha value is -2.66. The summed E-state index contributed by atoms with van der Waals surface area (Å²) in [4.78, 5) is 4.23. The molecule has 0 aliphatic rings. The molecule has 0 aliphatic heterocycles. The van der Waals surface area contributed by atoms with Crippen molar-refractivity contribution in [3.05, 3.63) is 79.0 Å². The lowest BCUT2D eigenvalue weighted by Gasteiger charge is -2.12. The van der Waals surface area contributed by atoms with Gasteiger partial charge in [0.15, 0.2) is 0 Å². The summed E-state index contributed by atoms with van der Waals surface area (Å²) in [5, 5.41) is 0. The molecule has 22 heavy (non-hydrogen) atoms. The van der Waals surface area contributed by atoms with Crippen LogP contribution < -0.4 is 4.72 Å². The van der Waals surface area contributed by atoms with E-state index >= 15 is 0 Å². The standard InChI is InChI=1S/C17H14N2O2S/c20-22(21,19-17-12-6-7-13-18-17)16-11-5-4-10-15(16)14-8-2-1-3-9-14/h1-13H,(H,18,19). The zero-order valence-electron chi connectivity index (χ0n) is 11.7. The number of hydrogen-bond donors (Lipinski definition) is 1. The maximum atomic E-state index is 12.6. The van der Waals surface area contributed by atoms with Crippen LogP contribution in [0, 0.1) is 0 Å². The van der Waals surface area contributed by atoms with Crippen LogP contribution in [-0.4, -0.2) is 13.4 Å². The van der Waals surface area contributed by atoms with Gasteiger partial charge in [0.1, 0.15) is 5.82 Å². The third-order valence-electron chi connectivity index (χ3n) is 3.17. The van der Waals surface area contributed by atoms with Crippen LogP contribution in [0.2, 0.25) is 0 Å². The third-order valence-corrected chi connectivity index (χ3v) is 4.58. The van der Waals surface area contributed by atoms with Gasteiger partial charge in [-0.05, 0) is 23.8 Å². The molecule has 0 bridgehead atoms. The lowest BCUT2D eigenvalue weighted by Crippen LogP contribution is -2.14. The summed E-state index contributed by atoms with van der Waals surface area (Å²) in [6.45, 7) is 0.